The van der Waals surface area contributed by atoms with E-state index in [1.54, 1.807) is 36.4 Å². The summed E-state index contributed by atoms with van der Waals surface area (Å²) in [7, 11) is 1.73. The number of Topliss-reactive ketones (excluding diaryl/α,β-unsaturated/α-hetero) is 1. The molecule has 0 aliphatic rings. The van der Waals surface area contributed by atoms with Gasteiger partial charge in [0.15, 0.2) is 5.78 Å². The maximum atomic E-state index is 12.2. The van der Waals surface area contributed by atoms with Crippen molar-refractivity contribution in [2.45, 2.75) is 32.7 Å². The van der Waals surface area contributed by atoms with Gasteiger partial charge in [0.25, 0.3) is 0 Å². The Morgan fingerprint density at radius 2 is 1.82 bits per heavy atom. The van der Waals surface area contributed by atoms with Crippen molar-refractivity contribution < 1.29 is 14.0 Å². The van der Waals surface area contributed by atoms with E-state index in [1.165, 1.54) is 0 Å². The van der Waals surface area contributed by atoms with Crippen molar-refractivity contribution in [3.05, 3.63) is 59.5 Å². The largest absolute Gasteiger partial charge is 0.467 e. The van der Waals surface area contributed by atoms with Crippen LogP contribution >= 0.6 is 0 Å². The van der Waals surface area contributed by atoms with Crippen LogP contribution in [0.25, 0.3) is 0 Å². The molecule has 116 valence electrons. The molecule has 1 heterocycles. The summed E-state index contributed by atoms with van der Waals surface area (Å²) in [4.78, 5) is 25.9. The van der Waals surface area contributed by atoms with Crippen LogP contribution in [0.5, 0.6) is 0 Å². The minimum Gasteiger partial charge on any atom is -0.467 e. The molecule has 4 nitrogen and oxygen atoms in total. The average Bonchev–Trinajstić information content (AvgIpc) is 3.05. The zero-order chi connectivity index (χ0) is 16.1. The van der Waals surface area contributed by atoms with E-state index < -0.39 is 0 Å². The molecule has 1 amide bonds. The number of ketones is 1. The predicted molar refractivity (Wildman–Crippen MR) is 84.6 cm³/mol. The molecule has 0 aliphatic heterocycles. The summed E-state index contributed by atoms with van der Waals surface area (Å²) in [5.41, 5.74) is 1.76. The standard InChI is InChI=1S/C18H21NO3/c1-13-6-8-15(9-7-13)16(20)10-11-18(21)19(3)14(2)17-5-4-12-22-17/h4-9,12,14H,10-11H2,1-3H3. The van der Waals surface area contributed by atoms with Gasteiger partial charge in [-0.25, -0.2) is 0 Å². The first-order chi connectivity index (χ1) is 10.5. The number of amides is 1. The van der Waals surface area contributed by atoms with Crippen molar-refractivity contribution in [1.29, 1.82) is 0 Å². The summed E-state index contributed by atoms with van der Waals surface area (Å²) in [6, 6.07) is 10.9. The molecule has 0 radical (unpaired) electrons. The summed E-state index contributed by atoms with van der Waals surface area (Å²) in [5, 5.41) is 0. The van der Waals surface area contributed by atoms with Crippen molar-refractivity contribution in [2.24, 2.45) is 0 Å². The second-order valence-corrected chi connectivity index (χ2v) is 5.49. The molecule has 22 heavy (non-hydrogen) atoms. The molecule has 0 bridgehead atoms. The fourth-order valence-electron chi connectivity index (χ4n) is 2.22. The van der Waals surface area contributed by atoms with Crippen LogP contribution in [0.2, 0.25) is 0 Å². The van der Waals surface area contributed by atoms with Gasteiger partial charge in [0.1, 0.15) is 5.76 Å². The van der Waals surface area contributed by atoms with Gasteiger partial charge in [-0.3, -0.25) is 9.59 Å². The number of aryl methyl sites for hydroxylation is 1. The lowest BCUT2D eigenvalue weighted by Crippen LogP contribution is -2.29. The van der Waals surface area contributed by atoms with Crippen LogP contribution in [-0.2, 0) is 4.79 Å². The number of hydrogen-bond donors (Lipinski definition) is 0. The lowest BCUT2D eigenvalue weighted by Gasteiger charge is -2.23. The van der Waals surface area contributed by atoms with E-state index >= 15 is 0 Å². The van der Waals surface area contributed by atoms with Gasteiger partial charge in [0.2, 0.25) is 5.91 Å². The van der Waals surface area contributed by atoms with Gasteiger partial charge in [-0.1, -0.05) is 29.8 Å². The quantitative estimate of drug-likeness (QED) is 0.763. The van der Waals surface area contributed by atoms with E-state index in [0.29, 0.717) is 5.56 Å². The number of carbonyl (C=O) groups is 2. The van der Waals surface area contributed by atoms with Crippen LogP contribution in [-0.4, -0.2) is 23.6 Å². The van der Waals surface area contributed by atoms with E-state index in [1.807, 2.05) is 32.0 Å². The normalized spacial score (nSPS) is 12.0. The Morgan fingerprint density at radius 3 is 2.41 bits per heavy atom. The molecular formula is C18H21NO3. The van der Waals surface area contributed by atoms with Gasteiger partial charge in [-0.2, -0.15) is 0 Å². The molecule has 1 atom stereocenters. The van der Waals surface area contributed by atoms with Crippen molar-refractivity contribution in [3.63, 3.8) is 0 Å². The van der Waals surface area contributed by atoms with Crippen LogP contribution in [0.4, 0.5) is 0 Å². The highest BCUT2D eigenvalue weighted by Gasteiger charge is 2.20. The zero-order valence-corrected chi connectivity index (χ0v) is 13.2. The third kappa shape index (κ3) is 3.85. The molecule has 4 heteroatoms. The molecule has 2 rings (SSSR count). The van der Waals surface area contributed by atoms with Gasteiger partial charge < -0.3 is 9.32 Å². The van der Waals surface area contributed by atoms with Crippen molar-refractivity contribution in [1.82, 2.24) is 4.90 Å². The van der Waals surface area contributed by atoms with Gasteiger partial charge >= 0.3 is 0 Å². The van der Waals surface area contributed by atoms with Crippen LogP contribution in [0.15, 0.2) is 47.1 Å². The Kier molecular flexibility index (Phi) is 5.15. The van der Waals surface area contributed by atoms with E-state index in [0.717, 1.165) is 11.3 Å². The fourth-order valence-corrected chi connectivity index (χ4v) is 2.22. The maximum Gasteiger partial charge on any atom is 0.223 e. The minimum atomic E-state index is -0.142. The van der Waals surface area contributed by atoms with E-state index in [2.05, 4.69) is 0 Å². The SMILES string of the molecule is Cc1ccc(C(=O)CCC(=O)N(C)C(C)c2ccco2)cc1. The van der Waals surface area contributed by atoms with Gasteiger partial charge in [-0.05, 0) is 26.0 Å². The van der Waals surface area contributed by atoms with Gasteiger partial charge in [-0.15, -0.1) is 0 Å². The Balaban J connectivity index is 1.89. The van der Waals surface area contributed by atoms with Gasteiger partial charge in [0, 0.05) is 25.5 Å². The van der Waals surface area contributed by atoms with Gasteiger partial charge in [0.05, 0.1) is 12.3 Å². The van der Waals surface area contributed by atoms with E-state index in [-0.39, 0.29) is 30.6 Å². The lowest BCUT2D eigenvalue weighted by atomic mass is 10.0. The smallest absolute Gasteiger partial charge is 0.223 e. The monoisotopic (exact) mass is 299 g/mol. The summed E-state index contributed by atoms with van der Waals surface area (Å²) in [6.07, 6.45) is 2.01. The Morgan fingerprint density at radius 1 is 1.14 bits per heavy atom. The first kappa shape index (κ1) is 16.0. The number of hydrogen-bond acceptors (Lipinski definition) is 3. The molecule has 0 saturated heterocycles. The number of carbonyl (C=O) groups excluding carboxylic acids is 2. The Bertz CT molecular complexity index is 629. The molecule has 2 aromatic rings. The third-order valence-electron chi connectivity index (χ3n) is 3.87. The number of furan rings is 1. The first-order valence-electron chi connectivity index (χ1n) is 7.38. The Hall–Kier alpha value is -2.36. The van der Waals surface area contributed by atoms with Crippen LogP contribution < -0.4 is 0 Å². The maximum absolute atomic E-state index is 12.2. The lowest BCUT2D eigenvalue weighted by molar-refractivity contribution is -0.132. The fraction of sp³-hybridized carbons (Fsp3) is 0.333. The highest BCUT2D eigenvalue weighted by molar-refractivity contribution is 5.97. The molecule has 0 spiro atoms. The topological polar surface area (TPSA) is 50.5 Å². The summed E-state index contributed by atoms with van der Waals surface area (Å²) >= 11 is 0. The number of nitrogens with zero attached hydrogens (tertiary/aromatic N) is 1. The van der Waals surface area contributed by atoms with Crippen LogP contribution in [0.3, 0.4) is 0 Å². The van der Waals surface area contributed by atoms with E-state index in [9.17, 15) is 9.59 Å². The second kappa shape index (κ2) is 7.07. The third-order valence-corrected chi connectivity index (χ3v) is 3.87. The van der Waals surface area contributed by atoms with Crippen LogP contribution in [0.1, 0.15) is 47.5 Å². The predicted octanol–water partition coefficient (Wildman–Crippen LogP) is 3.77. The van der Waals surface area contributed by atoms with E-state index in [4.69, 9.17) is 4.42 Å². The molecule has 0 fully saturated rings. The first-order valence-corrected chi connectivity index (χ1v) is 7.38. The molecule has 1 unspecified atom stereocenters. The van der Waals surface area contributed by atoms with Crippen molar-refractivity contribution in [3.8, 4) is 0 Å². The molecule has 1 aromatic heterocycles. The molecule has 0 saturated carbocycles. The molecule has 0 N–H and O–H groups in total. The summed E-state index contributed by atoms with van der Waals surface area (Å²) < 4.78 is 5.31. The molecule has 1 aromatic carbocycles. The highest BCUT2D eigenvalue weighted by atomic mass is 16.3. The summed E-state index contributed by atoms with van der Waals surface area (Å²) in [6.45, 7) is 3.88. The second-order valence-electron chi connectivity index (χ2n) is 5.49. The van der Waals surface area contributed by atoms with Crippen molar-refractivity contribution >= 4 is 11.7 Å². The zero-order valence-electron chi connectivity index (χ0n) is 13.2. The summed E-state index contributed by atoms with van der Waals surface area (Å²) in [5.74, 6) is 0.664. The number of rotatable bonds is 6. The highest BCUT2D eigenvalue weighted by Crippen LogP contribution is 2.20. The number of benzene rings is 1. The average molecular weight is 299 g/mol. The minimum absolute atomic E-state index is 0.00704. The van der Waals surface area contributed by atoms with Crippen molar-refractivity contribution in [2.75, 3.05) is 7.05 Å². The molecule has 0 aliphatic carbocycles. The van der Waals surface area contributed by atoms with Crippen LogP contribution in [0, 0.1) is 6.92 Å². The molecular weight excluding hydrogens is 278 g/mol. The Labute approximate surface area is 130 Å².